The van der Waals surface area contributed by atoms with Gasteiger partial charge >= 0.3 is 5.97 Å². The molecule has 6 nitrogen and oxygen atoms in total. The maximum Gasteiger partial charge on any atom is 0.308 e. The number of ether oxygens (including phenoxy) is 1. The van der Waals surface area contributed by atoms with Gasteiger partial charge in [0.25, 0.3) is 5.91 Å². The molecule has 27 heavy (non-hydrogen) atoms. The number of benzene rings is 2. The van der Waals surface area contributed by atoms with Crippen LogP contribution in [-0.2, 0) is 14.3 Å². The van der Waals surface area contributed by atoms with Gasteiger partial charge in [0.2, 0.25) is 5.91 Å². The Balaban J connectivity index is 1.45. The number of nitrogens with one attached hydrogen (secondary N) is 1. The molecule has 1 aliphatic heterocycles. The Bertz CT molecular complexity index is 841. The zero-order valence-electron chi connectivity index (χ0n) is 15.4. The van der Waals surface area contributed by atoms with Crippen molar-refractivity contribution >= 4 is 28.6 Å². The summed E-state index contributed by atoms with van der Waals surface area (Å²) < 4.78 is 4.76. The number of carbonyl (C=O) groups is 3. The Hall–Kier alpha value is -2.89. The van der Waals surface area contributed by atoms with Crippen LogP contribution in [0, 0.1) is 5.92 Å². The molecule has 0 saturated carbocycles. The van der Waals surface area contributed by atoms with Crippen molar-refractivity contribution in [2.24, 2.45) is 5.92 Å². The van der Waals surface area contributed by atoms with Crippen molar-refractivity contribution in [1.29, 1.82) is 0 Å². The molecule has 3 rings (SSSR count). The zero-order valence-corrected chi connectivity index (χ0v) is 15.4. The summed E-state index contributed by atoms with van der Waals surface area (Å²) in [5, 5.41) is 4.90. The first-order valence-electron chi connectivity index (χ1n) is 9.21. The number of likely N-dealkylation sites (tertiary alicyclic amines) is 1. The van der Waals surface area contributed by atoms with Crippen LogP contribution in [0.5, 0.6) is 0 Å². The maximum atomic E-state index is 12.3. The van der Waals surface area contributed by atoms with E-state index in [1.165, 1.54) is 7.11 Å². The normalized spacial score (nSPS) is 14.8. The molecule has 1 N–H and O–H groups in total. The van der Waals surface area contributed by atoms with Crippen molar-refractivity contribution in [1.82, 2.24) is 10.2 Å². The molecular formula is C21H24N2O4. The van der Waals surface area contributed by atoms with Crippen LogP contribution in [0.3, 0.4) is 0 Å². The third-order valence-corrected chi connectivity index (χ3v) is 5.02. The lowest BCUT2D eigenvalue weighted by molar-refractivity contribution is -0.148. The largest absolute Gasteiger partial charge is 0.469 e. The molecule has 1 aliphatic rings. The van der Waals surface area contributed by atoms with Crippen LogP contribution in [0.1, 0.15) is 29.6 Å². The van der Waals surface area contributed by atoms with Gasteiger partial charge in [0, 0.05) is 31.6 Å². The fourth-order valence-corrected chi connectivity index (χ4v) is 3.40. The molecule has 0 radical (unpaired) electrons. The number of methoxy groups -OCH3 is 1. The predicted molar refractivity (Wildman–Crippen MR) is 102 cm³/mol. The summed E-state index contributed by atoms with van der Waals surface area (Å²) in [5.41, 5.74) is 0.583. The van der Waals surface area contributed by atoms with Crippen LogP contribution >= 0.6 is 0 Å². The van der Waals surface area contributed by atoms with Gasteiger partial charge in [-0.15, -0.1) is 0 Å². The lowest BCUT2D eigenvalue weighted by Crippen LogP contribution is -2.41. The van der Waals surface area contributed by atoms with Gasteiger partial charge in [0.15, 0.2) is 0 Å². The van der Waals surface area contributed by atoms with Crippen molar-refractivity contribution in [3.8, 4) is 0 Å². The van der Waals surface area contributed by atoms with Crippen LogP contribution in [0.2, 0.25) is 0 Å². The van der Waals surface area contributed by atoms with E-state index in [1.807, 2.05) is 36.4 Å². The number of carbonyl (C=O) groups excluding carboxylic acids is 3. The van der Waals surface area contributed by atoms with Crippen molar-refractivity contribution in [3.05, 3.63) is 48.0 Å². The van der Waals surface area contributed by atoms with Crippen LogP contribution in [0.25, 0.3) is 10.8 Å². The molecule has 0 atom stereocenters. The highest BCUT2D eigenvalue weighted by atomic mass is 16.5. The summed E-state index contributed by atoms with van der Waals surface area (Å²) >= 11 is 0. The van der Waals surface area contributed by atoms with Gasteiger partial charge in [-0.05, 0) is 35.7 Å². The molecule has 1 saturated heterocycles. The Morgan fingerprint density at radius 2 is 1.78 bits per heavy atom. The number of rotatable bonds is 5. The van der Waals surface area contributed by atoms with Crippen LogP contribution in [-0.4, -0.2) is 49.4 Å². The topological polar surface area (TPSA) is 75.7 Å². The molecule has 0 bridgehead atoms. The molecule has 0 spiro atoms. The average Bonchev–Trinajstić information content (AvgIpc) is 2.72. The monoisotopic (exact) mass is 368 g/mol. The molecule has 0 aromatic heterocycles. The third-order valence-electron chi connectivity index (χ3n) is 5.02. The quantitative estimate of drug-likeness (QED) is 0.822. The molecular weight excluding hydrogens is 344 g/mol. The van der Waals surface area contributed by atoms with Crippen molar-refractivity contribution in [2.75, 3.05) is 26.7 Å². The van der Waals surface area contributed by atoms with E-state index in [1.54, 1.807) is 11.0 Å². The van der Waals surface area contributed by atoms with Crippen molar-refractivity contribution < 1.29 is 19.1 Å². The number of amides is 2. The van der Waals surface area contributed by atoms with Crippen molar-refractivity contribution in [2.45, 2.75) is 19.3 Å². The highest BCUT2D eigenvalue weighted by Gasteiger charge is 2.27. The number of piperidine rings is 1. The highest BCUT2D eigenvalue weighted by molar-refractivity contribution is 5.98. The van der Waals surface area contributed by atoms with Gasteiger partial charge in [-0.2, -0.15) is 0 Å². The second-order valence-corrected chi connectivity index (χ2v) is 6.75. The van der Waals surface area contributed by atoms with Gasteiger partial charge in [-0.1, -0.05) is 30.3 Å². The number of fused-ring (bicyclic) bond motifs is 1. The minimum atomic E-state index is -0.204. The third kappa shape index (κ3) is 4.64. The predicted octanol–water partition coefficient (Wildman–Crippen LogP) is 2.37. The van der Waals surface area contributed by atoms with E-state index in [0.717, 1.165) is 10.8 Å². The van der Waals surface area contributed by atoms with Gasteiger partial charge in [0.05, 0.1) is 13.0 Å². The Morgan fingerprint density at radius 1 is 1.07 bits per heavy atom. The molecule has 0 aliphatic carbocycles. The molecule has 2 aromatic carbocycles. The maximum absolute atomic E-state index is 12.3. The van der Waals surface area contributed by atoms with E-state index < -0.39 is 0 Å². The molecule has 0 unspecified atom stereocenters. The number of hydrogen-bond acceptors (Lipinski definition) is 4. The van der Waals surface area contributed by atoms with Crippen LogP contribution in [0.15, 0.2) is 42.5 Å². The second kappa shape index (κ2) is 8.66. The van der Waals surface area contributed by atoms with E-state index in [9.17, 15) is 14.4 Å². The molecule has 1 fully saturated rings. The average molecular weight is 368 g/mol. The first kappa shape index (κ1) is 18.9. The lowest BCUT2D eigenvalue weighted by atomic mass is 9.97. The number of hydrogen-bond donors (Lipinski definition) is 1. The number of esters is 1. The minimum Gasteiger partial charge on any atom is -0.469 e. The summed E-state index contributed by atoms with van der Waals surface area (Å²) in [7, 11) is 1.39. The summed E-state index contributed by atoms with van der Waals surface area (Å²) in [5.74, 6) is -0.508. The zero-order chi connectivity index (χ0) is 19.2. The summed E-state index contributed by atoms with van der Waals surface area (Å²) in [6.45, 7) is 1.40. The smallest absolute Gasteiger partial charge is 0.308 e. The minimum absolute atomic E-state index is 0.00266. The molecule has 2 amide bonds. The second-order valence-electron chi connectivity index (χ2n) is 6.75. The Kier molecular flexibility index (Phi) is 6.06. The van der Waals surface area contributed by atoms with Crippen LogP contribution in [0.4, 0.5) is 0 Å². The van der Waals surface area contributed by atoms with Gasteiger partial charge in [0.1, 0.15) is 0 Å². The molecule has 142 valence electrons. The first-order valence-corrected chi connectivity index (χ1v) is 9.21. The number of nitrogens with zero attached hydrogens (tertiary/aromatic N) is 1. The van der Waals surface area contributed by atoms with Gasteiger partial charge < -0.3 is 15.0 Å². The summed E-state index contributed by atoms with van der Waals surface area (Å²) in [6, 6.07) is 13.4. The standard InChI is InChI=1S/C21H24N2O4/c1-27-21(26)16-9-12-23(13-10-16)19(24)8-11-22-20(25)18-7-6-15-4-2-3-5-17(15)14-18/h2-7,14,16H,8-13H2,1H3,(H,22,25). The Morgan fingerprint density at radius 3 is 2.48 bits per heavy atom. The van der Waals surface area contributed by atoms with Crippen LogP contribution < -0.4 is 5.32 Å². The summed E-state index contributed by atoms with van der Waals surface area (Å²) in [4.78, 5) is 37.9. The molecule has 1 heterocycles. The van der Waals surface area contributed by atoms with Gasteiger partial charge in [-0.3, -0.25) is 14.4 Å². The highest BCUT2D eigenvalue weighted by Crippen LogP contribution is 2.19. The lowest BCUT2D eigenvalue weighted by Gasteiger charge is -2.30. The van der Waals surface area contributed by atoms with E-state index in [2.05, 4.69) is 5.32 Å². The van der Waals surface area contributed by atoms with E-state index in [-0.39, 0.29) is 30.1 Å². The summed E-state index contributed by atoms with van der Waals surface area (Å²) in [6.07, 6.45) is 1.51. The van der Waals surface area contributed by atoms with E-state index in [4.69, 9.17) is 4.74 Å². The fraction of sp³-hybridized carbons (Fsp3) is 0.381. The molecule has 6 heteroatoms. The van der Waals surface area contributed by atoms with E-state index in [0.29, 0.717) is 38.0 Å². The SMILES string of the molecule is COC(=O)C1CCN(C(=O)CCNC(=O)c2ccc3ccccc3c2)CC1. The fourth-order valence-electron chi connectivity index (χ4n) is 3.40. The Labute approximate surface area is 158 Å². The van der Waals surface area contributed by atoms with Crippen molar-refractivity contribution in [3.63, 3.8) is 0 Å². The van der Waals surface area contributed by atoms with E-state index >= 15 is 0 Å². The first-order chi connectivity index (χ1) is 13.1. The molecule has 2 aromatic rings. The van der Waals surface area contributed by atoms with Gasteiger partial charge in [-0.25, -0.2) is 0 Å².